The Balaban J connectivity index is 1.92. The van der Waals surface area contributed by atoms with Crippen molar-refractivity contribution in [3.05, 3.63) is 65.6 Å². The number of primary amides is 1. The number of pyridine rings is 1. The average Bonchev–Trinajstić information content (AvgIpc) is 3.01. The molecule has 22 heavy (non-hydrogen) atoms. The first-order chi connectivity index (χ1) is 10.7. The van der Waals surface area contributed by atoms with Crippen LogP contribution >= 0.6 is 0 Å². The lowest BCUT2D eigenvalue weighted by Crippen LogP contribution is -2.28. The molecule has 0 spiro atoms. The van der Waals surface area contributed by atoms with E-state index in [1.807, 2.05) is 42.5 Å². The molecule has 0 radical (unpaired) electrons. The van der Waals surface area contributed by atoms with Crippen molar-refractivity contribution in [2.75, 3.05) is 7.11 Å². The molecule has 1 atom stereocenters. The molecule has 2 heterocycles. The molecule has 1 amide bonds. The second-order valence-electron chi connectivity index (χ2n) is 4.82. The highest BCUT2D eigenvalue weighted by Crippen LogP contribution is 2.27. The van der Waals surface area contributed by atoms with Crippen molar-refractivity contribution in [1.82, 2.24) is 15.6 Å². The summed E-state index contributed by atoms with van der Waals surface area (Å²) < 4.78 is 5.14. The van der Waals surface area contributed by atoms with Crippen molar-refractivity contribution in [3.63, 3.8) is 0 Å². The maximum Gasteiger partial charge on any atom is 0.267 e. The minimum absolute atomic E-state index is 0.291. The predicted octanol–water partition coefficient (Wildman–Crippen LogP) is 1.14. The Morgan fingerprint density at radius 1 is 1.18 bits per heavy atom. The zero-order chi connectivity index (χ0) is 15.5. The third kappa shape index (κ3) is 2.58. The Hall–Kier alpha value is -3.02. The van der Waals surface area contributed by atoms with Gasteiger partial charge < -0.3 is 21.1 Å². The Kier molecular flexibility index (Phi) is 3.65. The Morgan fingerprint density at radius 2 is 1.95 bits per heavy atom. The van der Waals surface area contributed by atoms with Crippen molar-refractivity contribution >= 4 is 11.6 Å². The highest BCUT2D eigenvalue weighted by atomic mass is 16.5. The molecule has 0 saturated carbocycles. The lowest BCUT2D eigenvalue weighted by Gasteiger charge is -2.13. The van der Waals surface area contributed by atoms with Gasteiger partial charge in [0, 0.05) is 11.8 Å². The van der Waals surface area contributed by atoms with Crippen LogP contribution in [0.25, 0.3) is 5.70 Å². The van der Waals surface area contributed by atoms with Gasteiger partial charge in [-0.3, -0.25) is 9.78 Å². The molecule has 1 aromatic heterocycles. The van der Waals surface area contributed by atoms with E-state index in [4.69, 9.17) is 10.5 Å². The zero-order valence-corrected chi connectivity index (χ0v) is 12.0. The summed E-state index contributed by atoms with van der Waals surface area (Å²) in [5, 5.41) is 6.34. The van der Waals surface area contributed by atoms with E-state index >= 15 is 0 Å². The number of nitrogens with one attached hydrogen (secondary N) is 2. The van der Waals surface area contributed by atoms with E-state index < -0.39 is 5.91 Å². The summed E-state index contributed by atoms with van der Waals surface area (Å²) in [7, 11) is 1.61. The lowest BCUT2D eigenvalue weighted by molar-refractivity contribution is -0.114. The van der Waals surface area contributed by atoms with Gasteiger partial charge in [0.05, 0.1) is 18.5 Å². The number of carbonyl (C=O) groups is 1. The van der Waals surface area contributed by atoms with Crippen LogP contribution in [0, 0.1) is 0 Å². The first kappa shape index (κ1) is 13.9. The fourth-order valence-corrected chi connectivity index (χ4v) is 2.34. The number of carbonyl (C=O) groups excluding carboxylic acids is 1. The maximum atomic E-state index is 11.7. The summed E-state index contributed by atoms with van der Waals surface area (Å²) in [5.41, 5.74) is 8.11. The largest absolute Gasteiger partial charge is 0.497 e. The minimum Gasteiger partial charge on any atom is -0.497 e. The van der Waals surface area contributed by atoms with E-state index in [0.29, 0.717) is 11.4 Å². The molecule has 112 valence electrons. The van der Waals surface area contributed by atoms with Gasteiger partial charge in [-0.05, 0) is 36.4 Å². The number of nitrogens with two attached hydrogens (primary N) is 1. The monoisotopic (exact) mass is 296 g/mol. The number of rotatable bonds is 4. The highest BCUT2D eigenvalue weighted by molar-refractivity contribution is 6.00. The smallest absolute Gasteiger partial charge is 0.267 e. The van der Waals surface area contributed by atoms with Gasteiger partial charge in [-0.15, -0.1) is 0 Å². The number of aromatic nitrogens is 1. The van der Waals surface area contributed by atoms with Crippen LogP contribution in [0.15, 0.2) is 54.4 Å². The fourth-order valence-electron chi connectivity index (χ4n) is 2.34. The Morgan fingerprint density at radius 3 is 2.55 bits per heavy atom. The summed E-state index contributed by atoms with van der Waals surface area (Å²) in [5.74, 6) is 0.231. The first-order valence-electron chi connectivity index (χ1n) is 6.81. The van der Waals surface area contributed by atoms with E-state index in [2.05, 4.69) is 15.6 Å². The molecule has 1 aromatic carbocycles. The summed E-state index contributed by atoms with van der Waals surface area (Å²) in [4.78, 5) is 16.0. The van der Waals surface area contributed by atoms with Crippen molar-refractivity contribution in [2.24, 2.45) is 5.73 Å². The third-order valence-corrected chi connectivity index (χ3v) is 3.44. The molecule has 0 aliphatic carbocycles. The lowest BCUT2D eigenvalue weighted by atomic mass is 10.1. The van der Waals surface area contributed by atoms with Crippen LogP contribution in [0.2, 0.25) is 0 Å². The van der Waals surface area contributed by atoms with Gasteiger partial charge in [0.15, 0.2) is 0 Å². The summed E-state index contributed by atoms with van der Waals surface area (Å²) >= 11 is 0. The number of hydrogen-bond donors (Lipinski definition) is 3. The number of ether oxygens (including phenoxy) is 1. The normalized spacial score (nSPS) is 16.9. The van der Waals surface area contributed by atoms with Crippen molar-refractivity contribution < 1.29 is 9.53 Å². The molecule has 1 aliphatic heterocycles. The molecule has 0 saturated heterocycles. The van der Waals surface area contributed by atoms with E-state index in [0.717, 1.165) is 17.0 Å². The van der Waals surface area contributed by atoms with Crippen LogP contribution in [0.4, 0.5) is 0 Å². The van der Waals surface area contributed by atoms with Gasteiger partial charge in [-0.1, -0.05) is 6.07 Å². The van der Waals surface area contributed by atoms with Crippen molar-refractivity contribution in [3.8, 4) is 5.75 Å². The van der Waals surface area contributed by atoms with Crippen molar-refractivity contribution in [1.29, 1.82) is 0 Å². The molecule has 0 bridgehead atoms. The standard InChI is InChI=1S/C16H16N4O2/c1-22-11-7-5-10(6-8-11)13-14(15(17)21)20-16(19-13)12-4-2-3-9-18-12/h2-9,16,19-20H,1H3,(H2,17,21). The van der Waals surface area contributed by atoms with Crippen molar-refractivity contribution in [2.45, 2.75) is 6.17 Å². The molecule has 6 nitrogen and oxygen atoms in total. The number of hydrogen-bond acceptors (Lipinski definition) is 5. The van der Waals surface area contributed by atoms with Gasteiger partial charge in [0.1, 0.15) is 17.6 Å². The van der Waals surface area contributed by atoms with Crippen LogP contribution in [0.1, 0.15) is 17.4 Å². The van der Waals surface area contributed by atoms with E-state index in [1.165, 1.54) is 0 Å². The van der Waals surface area contributed by atoms with Crippen LogP contribution in [0.5, 0.6) is 5.75 Å². The number of nitrogens with zero attached hydrogens (tertiary/aromatic N) is 1. The summed E-state index contributed by atoms with van der Waals surface area (Å²) in [6.07, 6.45) is 1.41. The van der Waals surface area contributed by atoms with Gasteiger partial charge in [0.2, 0.25) is 0 Å². The van der Waals surface area contributed by atoms with Crippen LogP contribution in [0.3, 0.4) is 0 Å². The second kappa shape index (κ2) is 5.77. The summed E-state index contributed by atoms with van der Waals surface area (Å²) in [6.45, 7) is 0. The van der Waals surface area contributed by atoms with Gasteiger partial charge in [-0.2, -0.15) is 0 Å². The van der Waals surface area contributed by atoms with E-state index in [1.54, 1.807) is 13.3 Å². The molecule has 6 heteroatoms. The molecule has 1 unspecified atom stereocenters. The molecular weight excluding hydrogens is 280 g/mol. The van der Waals surface area contributed by atoms with Crippen LogP contribution in [-0.2, 0) is 4.79 Å². The predicted molar refractivity (Wildman–Crippen MR) is 82.4 cm³/mol. The first-order valence-corrected chi connectivity index (χ1v) is 6.81. The molecule has 4 N–H and O–H groups in total. The zero-order valence-electron chi connectivity index (χ0n) is 12.0. The molecule has 2 aromatic rings. The van der Waals surface area contributed by atoms with E-state index in [-0.39, 0.29) is 6.17 Å². The van der Waals surface area contributed by atoms with Crippen LogP contribution < -0.4 is 21.1 Å². The summed E-state index contributed by atoms with van der Waals surface area (Å²) in [6, 6.07) is 13.0. The topological polar surface area (TPSA) is 89.3 Å². The van der Waals surface area contributed by atoms with Gasteiger partial charge >= 0.3 is 0 Å². The number of amides is 1. The molecule has 0 fully saturated rings. The SMILES string of the molecule is COc1ccc(C2=C(C(N)=O)NC(c3ccccn3)N2)cc1. The molecule has 1 aliphatic rings. The molecule has 3 rings (SSSR count). The average molecular weight is 296 g/mol. The number of methoxy groups -OCH3 is 1. The molecular formula is C16H16N4O2. The maximum absolute atomic E-state index is 11.7. The fraction of sp³-hybridized carbons (Fsp3) is 0.125. The minimum atomic E-state index is -0.517. The Bertz CT molecular complexity index is 711. The Labute approximate surface area is 128 Å². The van der Waals surface area contributed by atoms with Gasteiger partial charge in [0.25, 0.3) is 5.91 Å². The third-order valence-electron chi connectivity index (χ3n) is 3.44. The van der Waals surface area contributed by atoms with Crippen LogP contribution in [-0.4, -0.2) is 18.0 Å². The quantitative estimate of drug-likeness (QED) is 0.787. The number of benzene rings is 1. The second-order valence-corrected chi connectivity index (χ2v) is 4.82. The van der Waals surface area contributed by atoms with E-state index in [9.17, 15) is 4.79 Å². The van der Waals surface area contributed by atoms with Gasteiger partial charge in [-0.25, -0.2) is 0 Å². The highest BCUT2D eigenvalue weighted by Gasteiger charge is 2.28.